The summed E-state index contributed by atoms with van der Waals surface area (Å²) in [6.07, 6.45) is 3.13. The van der Waals surface area contributed by atoms with E-state index in [1.165, 1.54) is 11.1 Å². The minimum atomic E-state index is -0.184. The van der Waals surface area contributed by atoms with E-state index in [9.17, 15) is 4.79 Å². The molecule has 1 rings (SSSR count). The van der Waals surface area contributed by atoms with Crippen molar-refractivity contribution in [1.82, 2.24) is 15.1 Å². The molecule has 0 bridgehead atoms. The summed E-state index contributed by atoms with van der Waals surface area (Å²) in [6, 6.07) is 1.59. The number of H-pyrrole nitrogens is 1. The van der Waals surface area contributed by atoms with E-state index in [0.717, 1.165) is 0 Å². The zero-order valence-corrected chi connectivity index (χ0v) is 7.81. The molecule has 0 saturated carbocycles. The fourth-order valence-electron chi connectivity index (χ4n) is 1.10. The number of aromatic amines is 1. The molecule has 0 unspecified atom stereocenters. The Morgan fingerprint density at radius 3 is 3.07 bits per heavy atom. The lowest BCUT2D eigenvalue weighted by molar-refractivity contribution is 0.0737. The molecule has 1 aromatic rings. The number of rotatable bonds is 5. The van der Waals surface area contributed by atoms with E-state index in [0.29, 0.717) is 18.8 Å². The fourth-order valence-corrected chi connectivity index (χ4v) is 1.10. The van der Waals surface area contributed by atoms with Crippen molar-refractivity contribution in [2.75, 3.05) is 19.7 Å². The summed E-state index contributed by atoms with van der Waals surface area (Å²) in [7, 11) is 0. The Hall–Kier alpha value is -1.62. The summed E-state index contributed by atoms with van der Waals surface area (Å²) in [5, 5.41) is 15.0. The van der Waals surface area contributed by atoms with E-state index >= 15 is 0 Å². The Morgan fingerprint density at radius 1 is 1.79 bits per heavy atom. The molecule has 0 aromatic carbocycles. The van der Waals surface area contributed by atoms with Crippen LogP contribution in [-0.4, -0.2) is 45.8 Å². The van der Waals surface area contributed by atoms with Crippen LogP contribution in [0.4, 0.5) is 0 Å². The first-order valence-corrected chi connectivity index (χ1v) is 4.30. The molecule has 0 aliphatic carbocycles. The van der Waals surface area contributed by atoms with Crippen LogP contribution in [0, 0.1) is 0 Å². The van der Waals surface area contributed by atoms with Crippen LogP contribution in [0.5, 0.6) is 0 Å². The van der Waals surface area contributed by atoms with Crippen molar-refractivity contribution in [3.8, 4) is 0 Å². The van der Waals surface area contributed by atoms with Crippen molar-refractivity contribution in [3.05, 3.63) is 30.6 Å². The maximum Gasteiger partial charge on any atom is 0.272 e. The second kappa shape index (κ2) is 5.18. The standard InChI is InChI=1S/C9H13N3O2/c1-2-5-12(6-7-13)9(14)8-3-4-10-11-8/h2-4,13H,1,5-7H2,(H,10,11). The maximum atomic E-state index is 11.7. The first kappa shape index (κ1) is 10.5. The lowest BCUT2D eigenvalue weighted by Gasteiger charge is -2.18. The smallest absolute Gasteiger partial charge is 0.272 e. The third-order valence-electron chi connectivity index (χ3n) is 1.74. The highest BCUT2D eigenvalue weighted by Gasteiger charge is 2.14. The first-order chi connectivity index (χ1) is 6.79. The zero-order valence-electron chi connectivity index (χ0n) is 7.81. The summed E-state index contributed by atoms with van der Waals surface area (Å²) < 4.78 is 0. The molecule has 5 nitrogen and oxygen atoms in total. The van der Waals surface area contributed by atoms with Crippen LogP contribution in [0.1, 0.15) is 10.5 Å². The van der Waals surface area contributed by atoms with E-state index in [1.807, 2.05) is 0 Å². The monoisotopic (exact) mass is 195 g/mol. The Bertz CT molecular complexity index is 295. The summed E-state index contributed by atoms with van der Waals surface area (Å²) >= 11 is 0. The SMILES string of the molecule is C=CCN(CCO)C(=O)c1ccn[nH]1. The topological polar surface area (TPSA) is 69.2 Å². The molecule has 1 aromatic heterocycles. The molecule has 1 amide bonds. The lowest BCUT2D eigenvalue weighted by Crippen LogP contribution is -2.33. The van der Waals surface area contributed by atoms with Crippen LogP contribution in [-0.2, 0) is 0 Å². The number of hydrogen-bond donors (Lipinski definition) is 2. The molecular formula is C9H13N3O2. The van der Waals surface area contributed by atoms with E-state index in [1.54, 1.807) is 12.1 Å². The van der Waals surface area contributed by atoms with Gasteiger partial charge < -0.3 is 10.0 Å². The molecule has 76 valence electrons. The van der Waals surface area contributed by atoms with Gasteiger partial charge in [-0.3, -0.25) is 9.89 Å². The molecule has 5 heteroatoms. The number of nitrogens with zero attached hydrogens (tertiary/aromatic N) is 2. The Labute approximate surface area is 82.0 Å². The molecule has 0 fully saturated rings. The quantitative estimate of drug-likeness (QED) is 0.651. The summed E-state index contributed by atoms with van der Waals surface area (Å²) in [5.74, 6) is -0.184. The Balaban J connectivity index is 2.68. The van der Waals surface area contributed by atoms with Crippen molar-refractivity contribution >= 4 is 5.91 Å². The number of nitrogens with one attached hydrogen (secondary N) is 1. The van der Waals surface area contributed by atoms with Gasteiger partial charge >= 0.3 is 0 Å². The van der Waals surface area contributed by atoms with Gasteiger partial charge in [0, 0.05) is 19.3 Å². The predicted octanol–water partition coefficient (Wildman–Crippen LogP) is 0.0302. The van der Waals surface area contributed by atoms with Crippen molar-refractivity contribution < 1.29 is 9.90 Å². The number of carbonyl (C=O) groups is 1. The summed E-state index contributed by atoms with van der Waals surface area (Å²) in [5.41, 5.74) is 0.417. The molecule has 0 aliphatic rings. The third kappa shape index (κ3) is 2.43. The molecule has 0 saturated heterocycles. The van der Waals surface area contributed by atoms with Gasteiger partial charge in [-0.05, 0) is 6.07 Å². The van der Waals surface area contributed by atoms with Crippen molar-refractivity contribution in [3.63, 3.8) is 0 Å². The number of aromatic nitrogens is 2. The number of carbonyl (C=O) groups excluding carboxylic acids is 1. The largest absolute Gasteiger partial charge is 0.395 e. The second-order valence-electron chi connectivity index (χ2n) is 2.73. The number of aliphatic hydroxyl groups is 1. The van der Waals surface area contributed by atoms with Crippen molar-refractivity contribution in [2.24, 2.45) is 0 Å². The maximum absolute atomic E-state index is 11.7. The van der Waals surface area contributed by atoms with E-state index in [4.69, 9.17) is 5.11 Å². The lowest BCUT2D eigenvalue weighted by atomic mass is 10.3. The molecular weight excluding hydrogens is 182 g/mol. The van der Waals surface area contributed by atoms with Crippen LogP contribution in [0.2, 0.25) is 0 Å². The summed E-state index contributed by atoms with van der Waals surface area (Å²) in [6.45, 7) is 4.19. The minimum absolute atomic E-state index is 0.0618. The van der Waals surface area contributed by atoms with Gasteiger partial charge in [0.25, 0.3) is 5.91 Å². The highest BCUT2D eigenvalue weighted by molar-refractivity contribution is 5.92. The Kier molecular flexibility index (Phi) is 3.87. The van der Waals surface area contributed by atoms with Crippen LogP contribution < -0.4 is 0 Å². The average Bonchev–Trinajstić information content (AvgIpc) is 2.69. The summed E-state index contributed by atoms with van der Waals surface area (Å²) in [4.78, 5) is 13.2. The molecule has 1 heterocycles. The van der Waals surface area contributed by atoms with Crippen molar-refractivity contribution in [2.45, 2.75) is 0 Å². The number of amides is 1. The van der Waals surface area contributed by atoms with Gasteiger partial charge in [0.15, 0.2) is 0 Å². The fraction of sp³-hybridized carbons (Fsp3) is 0.333. The number of hydrogen-bond acceptors (Lipinski definition) is 3. The van der Waals surface area contributed by atoms with Crippen LogP contribution >= 0.6 is 0 Å². The van der Waals surface area contributed by atoms with E-state index < -0.39 is 0 Å². The Morgan fingerprint density at radius 2 is 2.57 bits per heavy atom. The molecule has 14 heavy (non-hydrogen) atoms. The minimum Gasteiger partial charge on any atom is -0.395 e. The third-order valence-corrected chi connectivity index (χ3v) is 1.74. The molecule has 0 aliphatic heterocycles. The normalized spacial score (nSPS) is 9.79. The average molecular weight is 195 g/mol. The molecule has 0 radical (unpaired) electrons. The van der Waals surface area contributed by atoms with Gasteiger partial charge in [-0.1, -0.05) is 6.08 Å². The highest BCUT2D eigenvalue weighted by atomic mass is 16.3. The van der Waals surface area contributed by atoms with Crippen molar-refractivity contribution in [1.29, 1.82) is 0 Å². The molecule has 2 N–H and O–H groups in total. The van der Waals surface area contributed by atoms with Crippen LogP contribution in [0.25, 0.3) is 0 Å². The zero-order chi connectivity index (χ0) is 10.4. The van der Waals surface area contributed by atoms with Crippen LogP contribution in [0.15, 0.2) is 24.9 Å². The number of aliphatic hydroxyl groups excluding tert-OH is 1. The van der Waals surface area contributed by atoms with Gasteiger partial charge in [0.2, 0.25) is 0 Å². The molecule has 0 spiro atoms. The highest BCUT2D eigenvalue weighted by Crippen LogP contribution is 2.00. The first-order valence-electron chi connectivity index (χ1n) is 4.30. The van der Waals surface area contributed by atoms with E-state index in [2.05, 4.69) is 16.8 Å². The molecule has 0 atom stereocenters. The van der Waals surface area contributed by atoms with Gasteiger partial charge in [-0.15, -0.1) is 6.58 Å². The second-order valence-corrected chi connectivity index (χ2v) is 2.73. The van der Waals surface area contributed by atoms with Crippen LogP contribution in [0.3, 0.4) is 0 Å². The van der Waals surface area contributed by atoms with E-state index in [-0.39, 0.29) is 12.5 Å². The van der Waals surface area contributed by atoms with Gasteiger partial charge in [0.1, 0.15) is 5.69 Å². The predicted molar refractivity (Wildman–Crippen MR) is 51.8 cm³/mol. The van der Waals surface area contributed by atoms with Gasteiger partial charge in [-0.25, -0.2) is 0 Å². The van der Waals surface area contributed by atoms with Gasteiger partial charge in [-0.2, -0.15) is 5.10 Å². The van der Waals surface area contributed by atoms with Gasteiger partial charge in [0.05, 0.1) is 6.61 Å².